The van der Waals surface area contributed by atoms with Crippen molar-refractivity contribution in [3.05, 3.63) is 76.7 Å². The molecule has 2 aromatic carbocycles. The Bertz CT molecular complexity index is 1250. The monoisotopic (exact) mass is 405 g/mol. The molecule has 4 rings (SSSR count). The molecule has 0 atom stereocenters. The van der Waals surface area contributed by atoms with E-state index in [9.17, 15) is 9.59 Å². The van der Waals surface area contributed by atoms with Crippen LogP contribution in [0.4, 0.5) is 0 Å². The van der Waals surface area contributed by atoms with Crippen molar-refractivity contribution in [3.63, 3.8) is 0 Å². The number of para-hydroxylation sites is 1. The topological polar surface area (TPSA) is 77.0 Å². The number of carbonyl (C=O) groups excluding carboxylic acids is 1. The largest absolute Gasteiger partial charge is 0.468 e. The first-order chi connectivity index (χ1) is 14.1. The fraction of sp³-hybridized carbons (Fsp3) is 0.136. The molecule has 6 nitrogen and oxygen atoms in total. The average Bonchev–Trinajstić information content (AvgIpc) is 3.18. The molecule has 2 heterocycles. The Hall–Kier alpha value is -3.32. The molecule has 0 spiro atoms. The maximum atomic E-state index is 13.4. The molecule has 0 radical (unpaired) electrons. The normalized spacial score (nSPS) is 11.0. The number of fused-ring (bicyclic) bond motifs is 1. The third kappa shape index (κ3) is 3.56. The van der Waals surface area contributed by atoms with E-state index in [4.69, 9.17) is 9.72 Å². The standard InChI is InChI=1S/C22H19N3O3S/c1-14-8-6-7-11-17(14)25-21(27)20-19(24-22(25)29-13-18(26)28-2)16(12-23-20)15-9-4-3-5-10-15/h3-12,23H,13H2,1-2H3. The maximum absolute atomic E-state index is 13.4. The van der Waals surface area contributed by atoms with Crippen LogP contribution >= 0.6 is 11.8 Å². The van der Waals surface area contributed by atoms with E-state index >= 15 is 0 Å². The second-order valence-electron chi connectivity index (χ2n) is 6.48. The summed E-state index contributed by atoms with van der Waals surface area (Å²) in [6.07, 6.45) is 1.80. The van der Waals surface area contributed by atoms with Crippen LogP contribution in [0.3, 0.4) is 0 Å². The van der Waals surface area contributed by atoms with Crippen molar-refractivity contribution in [2.45, 2.75) is 12.1 Å². The number of hydrogen-bond acceptors (Lipinski definition) is 5. The van der Waals surface area contributed by atoms with E-state index in [0.717, 1.165) is 22.4 Å². The van der Waals surface area contributed by atoms with Gasteiger partial charge in [0.05, 0.1) is 18.6 Å². The summed E-state index contributed by atoms with van der Waals surface area (Å²) < 4.78 is 6.31. The Morgan fingerprint density at radius 2 is 1.86 bits per heavy atom. The third-order valence-corrected chi connectivity index (χ3v) is 5.57. The van der Waals surface area contributed by atoms with E-state index in [1.807, 2.05) is 61.5 Å². The van der Waals surface area contributed by atoms with E-state index in [1.54, 1.807) is 10.8 Å². The average molecular weight is 405 g/mol. The number of methoxy groups -OCH3 is 1. The highest BCUT2D eigenvalue weighted by molar-refractivity contribution is 7.99. The first-order valence-corrected chi connectivity index (χ1v) is 10.0. The van der Waals surface area contributed by atoms with Crippen LogP contribution in [0.1, 0.15) is 5.56 Å². The minimum absolute atomic E-state index is 0.0609. The number of carbonyl (C=O) groups is 1. The summed E-state index contributed by atoms with van der Waals surface area (Å²) in [5.41, 5.74) is 4.27. The fourth-order valence-electron chi connectivity index (χ4n) is 3.18. The van der Waals surface area contributed by atoms with E-state index in [2.05, 4.69) is 4.98 Å². The molecule has 0 saturated heterocycles. The van der Waals surface area contributed by atoms with Crippen molar-refractivity contribution < 1.29 is 9.53 Å². The van der Waals surface area contributed by atoms with Gasteiger partial charge in [0.25, 0.3) is 5.56 Å². The molecule has 2 aromatic heterocycles. The van der Waals surface area contributed by atoms with Crippen LogP contribution in [0, 0.1) is 6.92 Å². The van der Waals surface area contributed by atoms with Gasteiger partial charge in [0.2, 0.25) is 0 Å². The lowest BCUT2D eigenvalue weighted by Crippen LogP contribution is -2.23. The number of thioether (sulfide) groups is 1. The molecular weight excluding hydrogens is 386 g/mol. The van der Waals surface area contributed by atoms with Crippen LogP contribution in [-0.4, -0.2) is 33.4 Å². The van der Waals surface area contributed by atoms with Gasteiger partial charge in [-0.15, -0.1) is 0 Å². The van der Waals surface area contributed by atoms with Crippen molar-refractivity contribution in [1.82, 2.24) is 14.5 Å². The van der Waals surface area contributed by atoms with Crippen LogP contribution in [0.15, 0.2) is 70.7 Å². The van der Waals surface area contributed by atoms with Gasteiger partial charge in [0, 0.05) is 11.8 Å². The van der Waals surface area contributed by atoms with E-state index < -0.39 is 0 Å². The van der Waals surface area contributed by atoms with Gasteiger partial charge in [0.15, 0.2) is 5.16 Å². The minimum atomic E-state index is -0.377. The smallest absolute Gasteiger partial charge is 0.316 e. The molecule has 0 aliphatic rings. The fourth-order valence-corrected chi connectivity index (χ4v) is 4.01. The van der Waals surface area contributed by atoms with E-state index in [0.29, 0.717) is 16.2 Å². The van der Waals surface area contributed by atoms with Crippen molar-refractivity contribution in [2.24, 2.45) is 0 Å². The summed E-state index contributed by atoms with van der Waals surface area (Å²) in [5, 5.41) is 0.444. The van der Waals surface area contributed by atoms with Crippen molar-refractivity contribution >= 4 is 28.8 Å². The van der Waals surface area contributed by atoms with Crippen molar-refractivity contribution in [2.75, 3.05) is 12.9 Å². The van der Waals surface area contributed by atoms with Gasteiger partial charge in [-0.05, 0) is 24.1 Å². The second-order valence-corrected chi connectivity index (χ2v) is 7.42. The Labute approximate surface area is 171 Å². The number of hydrogen-bond donors (Lipinski definition) is 1. The van der Waals surface area contributed by atoms with Crippen LogP contribution < -0.4 is 5.56 Å². The number of aromatic amines is 1. The number of nitrogens with one attached hydrogen (secondary N) is 1. The first kappa shape index (κ1) is 19.0. The van der Waals surface area contributed by atoms with Gasteiger partial charge in [-0.2, -0.15) is 0 Å². The molecule has 7 heteroatoms. The predicted octanol–water partition coefficient (Wildman–Crippen LogP) is 3.95. The van der Waals surface area contributed by atoms with Gasteiger partial charge in [-0.1, -0.05) is 60.3 Å². The Balaban J connectivity index is 1.96. The van der Waals surface area contributed by atoms with Gasteiger partial charge in [-0.25, -0.2) is 4.98 Å². The van der Waals surface area contributed by atoms with Gasteiger partial charge in [0.1, 0.15) is 11.0 Å². The molecule has 0 aliphatic carbocycles. The molecule has 0 saturated carbocycles. The molecular formula is C22H19N3O3S. The number of rotatable bonds is 5. The van der Waals surface area contributed by atoms with Gasteiger partial charge >= 0.3 is 5.97 Å². The molecule has 1 N–H and O–H groups in total. The zero-order valence-corrected chi connectivity index (χ0v) is 16.8. The zero-order chi connectivity index (χ0) is 20.4. The predicted molar refractivity (Wildman–Crippen MR) is 115 cm³/mol. The molecule has 0 bridgehead atoms. The first-order valence-electron chi connectivity index (χ1n) is 9.05. The van der Waals surface area contributed by atoms with E-state index in [-0.39, 0.29) is 17.3 Å². The Morgan fingerprint density at radius 3 is 2.59 bits per heavy atom. The molecule has 0 amide bonds. The number of aryl methyl sites for hydroxylation is 1. The molecule has 0 fully saturated rings. The summed E-state index contributed by atoms with van der Waals surface area (Å²) >= 11 is 1.18. The number of esters is 1. The van der Waals surface area contributed by atoms with Crippen molar-refractivity contribution in [1.29, 1.82) is 0 Å². The quantitative estimate of drug-likeness (QED) is 0.309. The second kappa shape index (κ2) is 7.97. The van der Waals surface area contributed by atoms with Crippen LogP contribution in [-0.2, 0) is 9.53 Å². The summed E-state index contributed by atoms with van der Waals surface area (Å²) in [6.45, 7) is 1.94. The number of benzene rings is 2. The lowest BCUT2D eigenvalue weighted by Gasteiger charge is -2.14. The molecule has 29 heavy (non-hydrogen) atoms. The molecule has 4 aromatic rings. The summed E-state index contributed by atoms with van der Waals surface area (Å²) in [6, 6.07) is 17.4. The molecule has 146 valence electrons. The summed E-state index contributed by atoms with van der Waals surface area (Å²) in [7, 11) is 1.34. The number of aromatic nitrogens is 3. The summed E-state index contributed by atoms with van der Waals surface area (Å²) in [4.78, 5) is 33.0. The SMILES string of the molecule is COC(=O)CSc1nc2c(-c3ccccc3)c[nH]c2c(=O)n1-c1ccccc1C. The van der Waals surface area contributed by atoms with Crippen LogP contribution in [0.25, 0.3) is 27.8 Å². The highest BCUT2D eigenvalue weighted by atomic mass is 32.2. The lowest BCUT2D eigenvalue weighted by atomic mass is 10.1. The lowest BCUT2D eigenvalue weighted by molar-refractivity contribution is -0.137. The highest BCUT2D eigenvalue weighted by Gasteiger charge is 2.19. The highest BCUT2D eigenvalue weighted by Crippen LogP contribution is 2.29. The van der Waals surface area contributed by atoms with Gasteiger partial charge in [-0.3, -0.25) is 14.2 Å². The number of H-pyrrole nitrogens is 1. The van der Waals surface area contributed by atoms with Crippen LogP contribution in [0.5, 0.6) is 0 Å². The Kier molecular flexibility index (Phi) is 5.22. The minimum Gasteiger partial charge on any atom is -0.468 e. The van der Waals surface area contributed by atoms with Gasteiger partial charge < -0.3 is 9.72 Å². The van der Waals surface area contributed by atoms with Crippen LogP contribution in [0.2, 0.25) is 0 Å². The zero-order valence-electron chi connectivity index (χ0n) is 16.0. The number of nitrogens with zero attached hydrogens (tertiary/aromatic N) is 2. The summed E-state index contributed by atoms with van der Waals surface area (Å²) in [5.74, 6) is -0.316. The van der Waals surface area contributed by atoms with Crippen molar-refractivity contribution in [3.8, 4) is 16.8 Å². The van der Waals surface area contributed by atoms with E-state index in [1.165, 1.54) is 18.9 Å². The Morgan fingerprint density at radius 1 is 1.14 bits per heavy atom. The third-order valence-electron chi connectivity index (χ3n) is 4.66. The number of ether oxygens (including phenoxy) is 1. The molecule has 0 unspecified atom stereocenters. The maximum Gasteiger partial charge on any atom is 0.316 e. The molecule has 0 aliphatic heterocycles.